The van der Waals surface area contributed by atoms with Crippen LogP contribution in [0.3, 0.4) is 0 Å². The molecule has 1 aliphatic heterocycles. The van der Waals surface area contributed by atoms with Gasteiger partial charge < -0.3 is 15.1 Å². The molecule has 5 heteroatoms. The molecule has 0 saturated carbocycles. The number of thiazole rings is 1. The standard InChI is InChI=1S/C15H28N4S/c1-5-8-16-10-14-12(2)17-15(20-14)19(4)11-13-7-6-9-18(13)3/h13,16H,5-11H2,1-4H3. The summed E-state index contributed by atoms with van der Waals surface area (Å²) in [5, 5.41) is 4.63. The van der Waals surface area contributed by atoms with Crippen molar-refractivity contribution in [2.45, 2.75) is 45.7 Å². The molecule has 0 aliphatic carbocycles. The van der Waals surface area contributed by atoms with Gasteiger partial charge in [0, 0.05) is 31.1 Å². The third kappa shape index (κ3) is 3.93. The average molecular weight is 296 g/mol. The maximum atomic E-state index is 4.74. The van der Waals surface area contributed by atoms with Crippen molar-refractivity contribution >= 4 is 16.5 Å². The first-order valence-corrected chi connectivity index (χ1v) is 8.51. The van der Waals surface area contributed by atoms with E-state index in [1.165, 1.54) is 36.4 Å². The second kappa shape index (κ2) is 7.38. The average Bonchev–Trinajstić information content (AvgIpc) is 2.98. The third-order valence-electron chi connectivity index (χ3n) is 4.08. The fourth-order valence-corrected chi connectivity index (χ4v) is 3.72. The number of aromatic nitrogens is 1. The highest BCUT2D eigenvalue weighted by Gasteiger charge is 2.23. The number of nitrogens with one attached hydrogen (secondary N) is 1. The van der Waals surface area contributed by atoms with Crippen molar-refractivity contribution in [1.82, 2.24) is 15.2 Å². The predicted octanol–water partition coefficient (Wildman–Crippen LogP) is 2.48. The summed E-state index contributed by atoms with van der Waals surface area (Å²) in [6.45, 7) is 8.68. The lowest BCUT2D eigenvalue weighted by atomic mass is 10.2. The maximum absolute atomic E-state index is 4.74. The zero-order valence-corrected chi connectivity index (χ0v) is 14.1. The highest BCUT2D eigenvalue weighted by molar-refractivity contribution is 7.15. The van der Waals surface area contributed by atoms with Crippen molar-refractivity contribution in [3.63, 3.8) is 0 Å². The van der Waals surface area contributed by atoms with Gasteiger partial charge in [-0.2, -0.15) is 0 Å². The molecule has 1 atom stereocenters. The molecular weight excluding hydrogens is 268 g/mol. The molecule has 0 spiro atoms. The predicted molar refractivity (Wildman–Crippen MR) is 87.8 cm³/mol. The normalized spacial score (nSPS) is 19.7. The largest absolute Gasteiger partial charge is 0.350 e. The van der Waals surface area contributed by atoms with E-state index in [9.17, 15) is 0 Å². The second-order valence-corrected chi connectivity index (χ2v) is 6.90. The molecule has 1 aromatic heterocycles. The van der Waals surface area contributed by atoms with Gasteiger partial charge in [0.25, 0.3) is 0 Å². The molecule has 1 aromatic rings. The van der Waals surface area contributed by atoms with Gasteiger partial charge in [0.05, 0.1) is 5.69 Å². The molecule has 1 unspecified atom stereocenters. The van der Waals surface area contributed by atoms with E-state index in [0.29, 0.717) is 6.04 Å². The molecule has 1 aliphatic rings. The number of nitrogens with zero attached hydrogens (tertiary/aromatic N) is 3. The number of aryl methyl sites for hydroxylation is 1. The van der Waals surface area contributed by atoms with Gasteiger partial charge in [-0.15, -0.1) is 11.3 Å². The number of rotatable bonds is 7. The zero-order chi connectivity index (χ0) is 14.5. The molecular formula is C15H28N4S. The van der Waals surface area contributed by atoms with Gasteiger partial charge in [0.2, 0.25) is 0 Å². The molecule has 0 aromatic carbocycles. The van der Waals surface area contributed by atoms with Crippen molar-refractivity contribution in [2.75, 3.05) is 38.6 Å². The molecule has 2 heterocycles. The zero-order valence-electron chi connectivity index (χ0n) is 13.3. The lowest BCUT2D eigenvalue weighted by Crippen LogP contribution is -2.36. The maximum Gasteiger partial charge on any atom is 0.185 e. The smallest absolute Gasteiger partial charge is 0.185 e. The Labute approximate surface area is 127 Å². The van der Waals surface area contributed by atoms with Gasteiger partial charge in [-0.1, -0.05) is 6.92 Å². The third-order valence-corrected chi connectivity index (χ3v) is 5.35. The topological polar surface area (TPSA) is 31.4 Å². The number of hydrogen-bond acceptors (Lipinski definition) is 5. The van der Waals surface area contributed by atoms with E-state index in [2.05, 4.69) is 43.1 Å². The van der Waals surface area contributed by atoms with Gasteiger partial charge in [0.15, 0.2) is 5.13 Å². The van der Waals surface area contributed by atoms with Gasteiger partial charge in [-0.05, 0) is 46.3 Å². The summed E-state index contributed by atoms with van der Waals surface area (Å²) in [6.07, 6.45) is 3.83. The minimum Gasteiger partial charge on any atom is -0.350 e. The summed E-state index contributed by atoms with van der Waals surface area (Å²) in [7, 11) is 4.41. The van der Waals surface area contributed by atoms with Crippen LogP contribution in [0.5, 0.6) is 0 Å². The van der Waals surface area contributed by atoms with Crippen LogP contribution in [0.2, 0.25) is 0 Å². The van der Waals surface area contributed by atoms with Crippen LogP contribution in [0.4, 0.5) is 5.13 Å². The van der Waals surface area contributed by atoms with Gasteiger partial charge >= 0.3 is 0 Å². The van der Waals surface area contributed by atoms with Crippen molar-refractivity contribution in [3.8, 4) is 0 Å². The molecule has 2 rings (SSSR count). The Hall–Kier alpha value is -0.650. The van der Waals surface area contributed by atoms with E-state index in [1.54, 1.807) is 0 Å². The monoisotopic (exact) mass is 296 g/mol. The van der Waals surface area contributed by atoms with Crippen molar-refractivity contribution in [1.29, 1.82) is 0 Å². The lowest BCUT2D eigenvalue weighted by molar-refractivity contribution is 0.314. The minimum absolute atomic E-state index is 0.686. The van der Waals surface area contributed by atoms with E-state index < -0.39 is 0 Å². The van der Waals surface area contributed by atoms with Crippen molar-refractivity contribution in [3.05, 3.63) is 10.6 Å². The quantitative estimate of drug-likeness (QED) is 0.783. The van der Waals surface area contributed by atoms with Crippen LogP contribution >= 0.6 is 11.3 Å². The van der Waals surface area contributed by atoms with Crippen LogP contribution < -0.4 is 10.2 Å². The molecule has 0 radical (unpaired) electrons. The molecule has 20 heavy (non-hydrogen) atoms. The summed E-state index contributed by atoms with van der Waals surface area (Å²) < 4.78 is 0. The summed E-state index contributed by atoms with van der Waals surface area (Å²) in [6, 6.07) is 0.686. The number of likely N-dealkylation sites (N-methyl/N-ethyl adjacent to an activating group) is 2. The van der Waals surface area contributed by atoms with Crippen LogP contribution in [0.25, 0.3) is 0 Å². The molecule has 4 nitrogen and oxygen atoms in total. The number of hydrogen-bond donors (Lipinski definition) is 1. The van der Waals surface area contributed by atoms with Crippen molar-refractivity contribution < 1.29 is 0 Å². The Kier molecular flexibility index (Phi) is 5.81. The highest BCUT2D eigenvalue weighted by atomic mass is 32.1. The second-order valence-electron chi connectivity index (χ2n) is 5.84. The van der Waals surface area contributed by atoms with E-state index in [0.717, 1.165) is 24.8 Å². The Balaban J connectivity index is 1.92. The molecule has 1 saturated heterocycles. The Morgan fingerprint density at radius 2 is 2.30 bits per heavy atom. The van der Waals surface area contributed by atoms with Crippen LogP contribution in [-0.4, -0.2) is 49.7 Å². The fourth-order valence-electron chi connectivity index (χ4n) is 2.72. The van der Waals surface area contributed by atoms with Crippen LogP contribution in [0.15, 0.2) is 0 Å². The van der Waals surface area contributed by atoms with E-state index in [4.69, 9.17) is 4.98 Å². The first kappa shape index (κ1) is 15.7. The first-order valence-electron chi connectivity index (χ1n) is 7.70. The Morgan fingerprint density at radius 3 is 2.95 bits per heavy atom. The van der Waals surface area contributed by atoms with Crippen LogP contribution in [-0.2, 0) is 6.54 Å². The lowest BCUT2D eigenvalue weighted by Gasteiger charge is -2.25. The van der Waals surface area contributed by atoms with Gasteiger partial charge in [-0.3, -0.25) is 0 Å². The summed E-state index contributed by atoms with van der Waals surface area (Å²) in [5.41, 5.74) is 1.18. The summed E-state index contributed by atoms with van der Waals surface area (Å²) >= 11 is 1.84. The number of likely N-dealkylation sites (tertiary alicyclic amines) is 1. The van der Waals surface area contributed by atoms with Gasteiger partial charge in [0.1, 0.15) is 0 Å². The van der Waals surface area contributed by atoms with Crippen LogP contribution in [0.1, 0.15) is 36.8 Å². The first-order chi connectivity index (χ1) is 9.61. The minimum atomic E-state index is 0.686. The fraction of sp³-hybridized carbons (Fsp3) is 0.800. The highest BCUT2D eigenvalue weighted by Crippen LogP contribution is 2.26. The van der Waals surface area contributed by atoms with E-state index in [-0.39, 0.29) is 0 Å². The molecule has 1 N–H and O–H groups in total. The summed E-state index contributed by atoms with van der Waals surface area (Å²) in [5.74, 6) is 0. The Bertz CT molecular complexity index is 418. The Morgan fingerprint density at radius 1 is 1.50 bits per heavy atom. The molecule has 0 amide bonds. The summed E-state index contributed by atoms with van der Waals surface area (Å²) in [4.78, 5) is 10.9. The van der Waals surface area contributed by atoms with Crippen LogP contribution in [0, 0.1) is 6.92 Å². The van der Waals surface area contributed by atoms with E-state index >= 15 is 0 Å². The van der Waals surface area contributed by atoms with E-state index in [1.807, 2.05) is 11.3 Å². The van der Waals surface area contributed by atoms with Crippen molar-refractivity contribution in [2.24, 2.45) is 0 Å². The molecule has 114 valence electrons. The SMILES string of the molecule is CCCNCc1sc(N(C)CC2CCCN2C)nc1C. The van der Waals surface area contributed by atoms with Gasteiger partial charge in [-0.25, -0.2) is 4.98 Å². The number of anilines is 1. The molecule has 0 bridgehead atoms. The molecule has 1 fully saturated rings.